The number of nitrogens with one attached hydrogen (secondary N) is 1. The van der Waals surface area contributed by atoms with Gasteiger partial charge in [-0.25, -0.2) is 0 Å². The molecule has 1 atom stereocenters. The van der Waals surface area contributed by atoms with Gasteiger partial charge in [0.25, 0.3) is 11.8 Å². The maximum absolute atomic E-state index is 11.8. The molecule has 1 N–H and O–H groups in total. The molecule has 11 nitrogen and oxygen atoms in total. The van der Waals surface area contributed by atoms with Crippen LogP contribution in [-0.2, 0) is 42.9 Å². The Bertz CT molecular complexity index is 715. The van der Waals surface area contributed by atoms with Crippen LogP contribution in [0.25, 0.3) is 0 Å². The van der Waals surface area contributed by atoms with Gasteiger partial charge in [0.2, 0.25) is 5.91 Å². The van der Waals surface area contributed by atoms with Crippen molar-refractivity contribution in [3.05, 3.63) is 12.2 Å². The monoisotopic (exact) mass is 470 g/mol. The molecule has 1 unspecified atom stereocenters. The topological polar surface area (TPSA) is 138 Å². The number of hydrogen-bond donors (Lipinski definition) is 1. The van der Waals surface area contributed by atoms with Gasteiger partial charge in [-0.2, -0.15) is 0 Å². The molecule has 0 saturated carbocycles. The molecule has 0 aromatic heterocycles. The van der Waals surface area contributed by atoms with Gasteiger partial charge in [0, 0.05) is 31.7 Å². The quantitative estimate of drug-likeness (QED) is 0.194. The van der Waals surface area contributed by atoms with E-state index in [0.29, 0.717) is 26.2 Å². The number of carbonyl (C=O) groups excluding carboxylic acids is 5. The van der Waals surface area contributed by atoms with Crippen molar-refractivity contribution in [3.8, 4) is 0 Å². The van der Waals surface area contributed by atoms with E-state index in [-0.39, 0.29) is 44.4 Å². The predicted octanol–water partition coefficient (Wildman–Crippen LogP) is 0.505. The zero-order chi connectivity index (χ0) is 24.9. The van der Waals surface area contributed by atoms with Crippen LogP contribution in [0, 0.1) is 0 Å². The van der Waals surface area contributed by atoms with E-state index in [4.69, 9.17) is 14.2 Å². The van der Waals surface area contributed by atoms with Gasteiger partial charge in [0.05, 0.1) is 45.9 Å². The molecule has 11 heteroatoms. The van der Waals surface area contributed by atoms with Gasteiger partial charge in [-0.3, -0.25) is 28.9 Å². The Morgan fingerprint density at radius 2 is 1.70 bits per heavy atom. The summed E-state index contributed by atoms with van der Waals surface area (Å²) in [5.74, 6) is -1.99. The fourth-order valence-corrected chi connectivity index (χ4v) is 2.83. The lowest BCUT2D eigenvalue weighted by atomic mass is 10.1. The second kappa shape index (κ2) is 14.4. The van der Waals surface area contributed by atoms with Crippen molar-refractivity contribution in [1.82, 2.24) is 10.2 Å². The largest absolute Gasteiger partial charge is 0.469 e. The van der Waals surface area contributed by atoms with Crippen molar-refractivity contribution >= 4 is 29.7 Å². The Morgan fingerprint density at radius 3 is 2.33 bits per heavy atom. The second-order valence-electron chi connectivity index (χ2n) is 8.08. The second-order valence-corrected chi connectivity index (χ2v) is 8.08. The number of esters is 2. The van der Waals surface area contributed by atoms with Crippen LogP contribution in [0.1, 0.15) is 46.5 Å². The Kier molecular flexibility index (Phi) is 12.3. The van der Waals surface area contributed by atoms with E-state index in [1.54, 1.807) is 13.8 Å². The highest BCUT2D eigenvalue weighted by molar-refractivity contribution is 6.13. The van der Waals surface area contributed by atoms with Crippen molar-refractivity contribution in [2.75, 3.05) is 40.0 Å². The molecule has 0 fully saturated rings. The molecule has 1 aliphatic rings. The Morgan fingerprint density at radius 1 is 1.03 bits per heavy atom. The number of amides is 3. The first-order valence-electron chi connectivity index (χ1n) is 10.8. The van der Waals surface area contributed by atoms with Gasteiger partial charge in [-0.15, -0.1) is 0 Å². The summed E-state index contributed by atoms with van der Waals surface area (Å²) >= 11 is 0. The summed E-state index contributed by atoms with van der Waals surface area (Å²) in [6.45, 7) is 6.36. The van der Waals surface area contributed by atoms with E-state index in [1.807, 2.05) is 6.92 Å². The summed E-state index contributed by atoms with van der Waals surface area (Å²) in [5.41, 5.74) is -0.946. The molecule has 0 saturated heterocycles. The van der Waals surface area contributed by atoms with Crippen LogP contribution in [0.5, 0.6) is 0 Å². The number of rotatable bonds is 16. The predicted molar refractivity (Wildman–Crippen MR) is 116 cm³/mol. The molecule has 1 rings (SSSR count). The Hall–Kier alpha value is -2.79. The molecule has 0 radical (unpaired) electrons. The van der Waals surface area contributed by atoms with Crippen LogP contribution in [-0.4, -0.2) is 86.3 Å². The lowest BCUT2D eigenvalue weighted by molar-refractivity contribution is -0.163. The zero-order valence-electron chi connectivity index (χ0n) is 19.7. The van der Waals surface area contributed by atoms with Crippen LogP contribution < -0.4 is 5.32 Å². The Labute approximate surface area is 193 Å². The molecular weight excluding hydrogens is 436 g/mol. The molecule has 0 aromatic rings. The van der Waals surface area contributed by atoms with Gasteiger partial charge in [0.1, 0.15) is 5.60 Å². The minimum atomic E-state index is -0.946. The van der Waals surface area contributed by atoms with Crippen molar-refractivity contribution in [1.29, 1.82) is 0 Å². The lowest BCUT2D eigenvalue weighted by Crippen LogP contribution is -2.35. The average Bonchev–Trinajstić information content (AvgIpc) is 3.05. The summed E-state index contributed by atoms with van der Waals surface area (Å²) in [5, 5.41) is 2.72. The first-order valence-corrected chi connectivity index (χ1v) is 10.8. The summed E-state index contributed by atoms with van der Waals surface area (Å²) in [4.78, 5) is 58.8. The fourth-order valence-electron chi connectivity index (χ4n) is 2.83. The molecule has 0 aliphatic carbocycles. The zero-order valence-corrected chi connectivity index (χ0v) is 19.7. The summed E-state index contributed by atoms with van der Waals surface area (Å²) in [6.07, 6.45) is 2.89. The van der Waals surface area contributed by atoms with Gasteiger partial charge < -0.3 is 24.3 Å². The third kappa shape index (κ3) is 12.1. The molecule has 0 spiro atoms. The molecule has 1 aliphatic heterocycles. The minimum Gasteiger partial charge on any atom is -0.469 e. The number of imide groups is 1. The highest BCUT2D eigenvalue weighted by atomic mass is 16.6. The number of methoxy groups -OCH3 is 1. The van der Waals surface area contributed by atoms with Crippen LogP contribution >= 0.6 is 0 Å². The molecular formula is C22H34N2O9. The average molecular weight is 471 g/mol. The van der Waals surface area contributed by atoms with E-state index >= 15 is 0 Å². The lowest BCUT2D eigenvalue weighted by Gasteiger charge is -2.23. The highest BCUT2D eigenvalue weighted by Gasteiger charge is 2.27. The van der Waals surface area contributed by atoms with E-state index in [2.05, 4.69) is 10.1 Å². The molecule has 1 heterocycles. The van der Waals surface area contributed by atoms with E-state index in [1.165, 1.54) is 19.3 Å². The number of carbonyl (C=O) groups is 5. The highest BCUT2D eigenvalue weighted by Crippen LogP contribution is 2.16. The smallest absolute Gasteiger partial charge is 0.309 e. The third-order valence-corrected chi connectivity index (χ3v) is 4.60. The molecule has 186 valence electrons. The van der Waals surface area contributed by atoms with Gasteiger partial charge >= 0.3 is 11.9 Å². The third-order valence-electron chi connectivity index (χ3n) is 4.60. The number of nitrogens with zero attached hydrogens (tertiary/aromatic N) is 1. The van der Waals surface area contributed by atoms with E-state index < -0.39 is 29.4 Å². The molecule has 0 aromatic carbocycles. The Balaban J connectivity index is 2.03. The first kappa shape index (κ1) is 28.2. The van der Waals surface area contributed by atoms with Crippen LogP contribution in [0.4, 0.5) is 0 Å². The van der Waals surface area contributed by atoms with Crippen LogP contribution in [0.3, 0.4) is 0 Å². The van der Waals surface area contributed by atoms with Crippen LogP contribution in [0.2, 0.25) is 0 Å². The van der Waals surface area contributed by atoms with Gasteiger partial charge in [0.15, 0.2) is 0 Å². The SMILES string of the molecule is COC(=O)CC(C)(C)OC(=O)CCOCCOC(C)CCNC(=O)CCN1C(=O)C=CC1=O. The van der Waals surface area contributed by atoms with Crippen LogP contribution in [0.15, 0.2) is 12.2 Å². The summed E-state index contributed by atoms with van der Waals surface area (Å²) < 4.78 is 20.8. The summed E-state index contributed by atoms with van der Waals surface area (Å²) in [7, 11) is 1.27. The first-order chi connectivity index (χ1) is 15.5. The number of ether oxygens (including phenoxy) is 4. The van der Waals surface area contributed by atoms with Gasteiger partial charge in [-0.1, -0.05) is 0 Å². The standard InChI is InChI=1S/C22H34N2O9/c1-16(7-10-23-17(25)8-11-24-18(26)5-6-19(24)27)32-14-13-31-12-9-20(28)33-22(2,3)15-21(29)30-4/h5-6,16H,7-15H2,1-4H3,(H,23,25). The van der Waals surface area contributed by atoms with E-state index in [9.17, 15) is 24.0 Å². The van der Waals surface area contributed by atoms with E-state index in [0.717, 1.165) is 4.90 Å². The number of hydrogen-bond acceptors (Lipinski definition) is 9. The summed E-state index contributed by atoms with van der Waals surface area (Å²) in [6, 6.07) is 0. The normalized spacial score (nSPS) is 14.4. The molecule has 33 heavy (non-hydrogen) atoms. The minimum absolute atomic E-state index is 0.0302. The van der Waals surface area contributed by atoms with Crippen molar-refractivity contribution in [3.63, 3.8) is 0 Å². The fraction of sp³-hybridized carbons (Fsp3) is 0.682. The molecule has 3 amide bonds. The molecule has 0 bridgehead atoms. The van der Waals surface area contributed by atoms with Crippen molar-refractivity contribution in [2.45, 2.75) is 58.2 Å². The maximum Gasteiger partial charge on any atom is 0.309 e. The maximum atomic E-state index is 11.8. The van der Waals surface area contributed by atoms with Crippen molar-refractivity contribution < 1.29 is 42.9 Å². The van der Waals surface area contributed by atoms with Gasteiger partial charge in [-0.05, 0) is 27.2 Å². The van der Waals surface area contributed by atoms with Crippen molar-refractivity contribution in [2.24, 2.45) is 0 Å².